The fourth-order valence-electron chi connectivity index (χ4n) is 4.43. The van der Waals surface area contributed by atoms with Gasteiger partial charge in [-0.3, -0.25) is 9.89 Å². The van der Waals surface area contributed by atoms with Crippen LogP contribution in [0.25, 0.3) is 11.3 Å². The number of carbonyl (C=O) groups excluding carboxylic acids is 1. The zero-order valence-corrected chi connectivity index (χ0v) is 15.6. The largest absolute Gasteiger partial charge is 0.352 e. The van der Waals surface area contributed by atoms with E-state index in [0.717, 1.165) is 17.8 Å². The highest BCUT2D eigenvalue weighted by Gasteiger charge is 2.33. The molecular formula is C20H25ClN4O. The normalized spacial score (nSPS) is 23.4. The molecule has 1 aromatic heterocycles. The minimum Gasteiger partial charge on any atom is -0.352 e. The maximum Gasteiger partial charge on any atom is 0.255 e. The summed E-state index contributed by atoms with van der Waals surface area (Å²) in [6, 6.07) is 8.07. The van der Waals surface area contributed by atoms with Crippen LogP contribution in [0.15, 0.2) is 30.5 Å². The minimum absolute atomic E-state index is 0.0587. The van der Waals surface area contributed by atoms with E-state index in [1.165, 1.54) is 45.2 Å². The Balaban J connectivity index is 1.43. The first kappa shape index (κ1) is 17.6. The molecule has 138 valence electrons. The molecule has 0 spiro atoms. The van der Waals surface area contributed by atoms with Crippen LogP contribution >= 0.6 is 11.6 Å². The van der Waals surface area contributed by atoms with Crippen LogP contribution in [0.5, 0.6) is 0 Å². The van der Waals surface area contributed by atoms with E-state index in [0.29, 0.717) is 22.5 Å². The van der Waals surface area contributed by atoms with Gasteiger partial charge < -0.3 is 10.2 Å². The number of rotatable bonds is 4. The number of aromatic nitrogens is 2. The van der Waals surface area contributed by atoms with Gasteiger partial charge in [0.1, 0.15) is 0 Å². The molecule has 2 fully saturated rings. The van der Waals surface area contributed by atoms with E-state index in [4.69, 9.17) is 11.6 Å². The Bertz CT molecular complexity index is 755. The van der Waals surface area contributed by atoms with Crippen LogP contribution in [0.4, 0.5) is 0 Å². The zero-order chi connectivity index (χ0) is 17.9. The smallest absolute Gasteiger partial charge is 0.255 e. The monoisotopic (exact) mass is 372 g/mol. The van der Waals surface area contributed by atoms with E-state index in [-0.39, 0.29) is 5.91 Å². The van der Waals surface area contributed by atoms with Gasteiger partial charge in [0.15, 0.2) is 0 Å². The number of amides is 1. The van der Waals surface area contributed by atoms with Crippen LogP contribution in [-0.2, 0) is 0 Å². The van der Waals surface area contributed by atoms with Crippen molar-refractivity contribution in [3.63, 3.8) is 0 Å². The Morgan fingerprint density at radius 2 is 2.00 bits per heavy atom. The van der Waals surface area contributed by atoms with Gasteiger partial charge in [-0.05, 0) is 56.8 Å². The first-order valence-corrected chi connectivity index (χ1v) is 9.92. The number of nitrogens with one attached hydrogen (secondary N) is 2. The number of benzene rings is 1. The van der Waals surface area contributed by atoms with E-state index in [2.05, 4.69) is 20.4 Å². The summed E-state index contributed by atoms with van der Waals surface area (Å²) in [5.74, 6) is 0.496. The van der Waals surface area contributed by atoms with Gasteiger partial charge in [-0.1, -0.05) is 30.2 Å². The summed E-state index contributed by atoms with van der Waals surface area (Å²) in [6.45, 7) is 3.18. The van der Waals surface area contributed by atoms with E-state index < -0.39 is 0 Å². The molecule has 2 atom stereocenters. The molecule has 2 N–H and O–H groups in total. The summed E-state index contributed by atoms with van der Waals surface area (Å²) < 4.78 is 0. The van der Waals surface area contributed by atoms with E-state index in [1.807, 2.05) is 24.3 Å². The third-order valence-electron chi connectivity index (χ3n) is 5.77. The van der Waals surface area contributed by atoms with Crippen molar-refractivity contribution in [2.75, 3.05) is 19.6 Å². The van der Waals surface area contributed by atoms with Gasteiger partial charge in [-0.15, -0.1) is 0 Å². The summed E-state index contributed by atoms with van der Waals surface area (Å²) in [5.41, 5.74) is 2.24. The summed E-state index contributed by atoms with van der Waals surface area (Å²) in [4.78, 5) is 15.4. The Morgan fingerprint density at radius 3 is 2.85 bits per heavy atom. The zero-order valence-electron chi connectivity index (χ0n) is 14.9. The number of fused-ring (bicyclic) bond motifs is 1. The van der Waals surface area contributed by atoms with E-state index in [9.17, 15) is 4.79 Å². The summed E-state index contributed by atoms with van der Waals surface area (Å²) >= 11 is 5.96. The highest BCUT2D eigenvalue weighted by molar-refractivity contribution is 6.30. The molecule has 2 aromatic rings. The predicted octanol–water partition coefficient (Wildman–Crippen LogP) is 3.72. The van der Waals surface area contributed by atoms with Crippen molar-refractivity contribution < 1.29 is 4.79 Å². The van der Waals surface area contributed by atoms with Crippen LogP contribution < -0.4 is 5.32 Å². The lowest BCUT2D eigenvalue weighted by Crippen LogP contribution is -2.51. The van der Waals surface area contributed by atoms with Crippen LogP contribution in [0.2, 0.25) is 5.02 Å². The molecule has 0 unspecified atom stereocenters. The molecular weight excluding hydrogens is 348 g/mol. The lowest BCUT2D eigenvalue weighted by atomic mass is 9.83. The average molecular weight is 373 g/mol. The summed E-state index contributed by atoms with van der Waals surface area (Å²) in [7, 11) is 0. The third-order valence-corrected chi connectivity index (χ3v) is 6.02. The topological polar surface area (TPSA) is 61.0 Å². The first-order valence-electron chi connectivity index (χ1n) is 9.54. The number of hydrogen-bond donors (Lipinski definition) is 2. The quantitative estimate of drug-likeness (QED) is 0.859. The lowest BCUT2D eigenvalue weighted by Gasteiger charge is -2.44. The van der Waals surface area contributed by atoms with Crippen molar-refractivity contribution in [3.8, 4) is 11.3 Å². The highest BCUT2D eigenvalue weighted by Crippen LogP contribution is 2.30. The Labute approximate surface area is 159 Å². The maximum atomic E-state index is 12.8. The second kappa shape index (κ2) is 7.80. The molecule has 0 aliphatic carbocycles. The second-order valence-corrected chi connectivity index (χ2v) is 7.81. The van der Waals surface area contributed by atoms with Gasteiger partial charge in [0.25, 0.3) is 5.91 Å². The minimum atomic E-state index is -0.0587. The van der Waals surface area contributed by atoms with Crippen molar-refractivity contribution in [3.05, 3.63) is 41.0 Å². The Hall–Kier alpha value is -1.85. The number of hydrogen-bond acceptors (Lipinski definition) is 3. The molecule has 2 aliphatic rings. The molecule has 6 heteroatoms. The van der Waals surface area contributed by atoms with Gasteiger partial charge in [-0.25, -0.2) is 0 Å². The predicted molar refractivity (Wildman–Crippen MR) is 103 cm³/mol. The molecule has 1 amide bonds. The van der Waals surface area contributed by atoms with Crippen molar-refractivity contribution >= 4 is 17.5 Å². The number of halogens is 1. The number of aromatic amines is 1. The molecule has 5 nitrogen and oxygen atoms in total. The van der Waals surface area contributed by atoms with Crippen molar-refractivity contribution in [1.29, 1.82) is 0 Å². The molecule has 4 rings (SSSR count). The number of piperidine rings is 2. The van der Waals surface area contributed by atoms with Gasteiger partial charge in [0, 0.05) is 23.2 Å². The summed E-state index contributed by atoms with van der Waals surface area (Å²) in [6.07, 6.45) is 7.94. The first-order chi connectivity index (χ1) is 12.7. The van der Waals surface area contributed by atoms with Crippen LogP contribution in [0.1, 0.15) is 42.5 Å². The van der Waals surface area contributed by atoms with E-state index in [1.54, 1.807) is 6.20 Å². The van der Waals surface area contributed by atoms with Gasteiger partial charge in [0.2, 0.25) is 0 Å². The molecule has 1 aromatic carbocycles. The second-order valence-electron chi connectivity index (χ2n) is 7.38. The molecule has 0 bridgehead atoms. The third kappa shape index (κ3) is 3.64. The Kier molecular flexibility index (Phi) is 5.27. The van der Waals surface area contributed by atoms with Crippen molar-refractivity contribution in [2.24, 2.45) is 5.92 Å². The average Bonchev–Trinajstić information content (AvgIpc) is 3.16. The molecule has 0 radical (unpaired) electrons. The van der Waals surface area contributed by atoms with Crippen molar-refractivity contribution in [1.82, 2.24) is 20.4 Å². The Morgan fingerprint density at radius 1 is 1.19 bits per heavy atom. The van der Waals surface area contributed by atoms with Gasteiger partial charge >= 0.3 is 0 Å². The SMILES string of the molecule is O=C(NC[C@H]1CCCN2CCCC[C@H]12)c1cn[nH]c1-c1ccc(Cl)cc1. The molecule has 26 heavy (non-hydrogen) atoms. The standard InChI is InChI=1S/C20H25ClN4O/c21-16-8-6-14(7-9-16)19-17(13-23-24-19)20(26)22-12-15-4-3-11-25-10-2-1-5-18(15)25/h6-9,13,15,18H,1-5,10-12H2,(H,22,26)(H,23,24)/t15-,18-/m1/s1. The number of H-pyrrole nitrogens is 1. The highest BCUT2D eigenvalue weighted by atomic mass is 35.5. The summed E-state index contributed by atoms with van der Waals surface area (Å²) in [5, 5.41) is 10.9. The van der Waals surface area contributed by atoms with Gasteiger partial charge in [-0.2, -0.15) is 5.10 Å². The fraction of sp³-hybridized carbons (Fsp3) is 0.500. The maximum absolute atomic E-state index is 12.8. The van der Waals surface area contributed by atoms with Crippen LogP contribution in [0, 0.1) is 5.92 Å². The molecule has 2 saturated heterocycles. The number of carbonyl (C=O) groups is 1. The molecule has 2 aliphatic heterocycles. The molecule has 0 saturated carbocycles. The van der Waals surface area contributed by atoms with Crippen LogP contribution in [-0.4, -0.2) is 46.7 Å². The van der Waals surface area contributed by atoms with Crippen LogP contribution in [0.3, 0.4) is 0 Å². The molecule has 3 heterocycles. The fourth-order valence-corrected chi connectivity index (χ4v) is 4.56. The van der Waals surface area contributed by atoms with Crippen molar-refractivity contribution in [2.45, 2.75) is 38.1 Å². The van der Waals surface area contributed by atoms with Gasteiger partial charge in [0.05, 0.1) is 17.5 Å². The lowest BCUT2D eigenvalue weighted by molar-refractivity contribution is 0.0576. The van der Waals surface area contributed by atoms with E-state index >= 15 is 0 Å². The number of nitrogens with zero attached hydrogens (tertiary/aromatic N) is 2.